The van der Waals surface area contributed by atoms with Gasteiger partial charge < -0.3 is 9.94 Å². The molecular weight excluding hydrogens is 476 g/mol. The Bertz CT molecular complexity index is 1150. The van der Waals surface area contributed by atoms with E-state index in [1.807, 2.05) is 54.6 Å². The van der Waals surface area contributed by atoms with Gasteiger partial charge in [0.25, 0.3) is 0 Å². The molecule has 1 aromatic heterocycles. The summed E-state index contributed by atoms with van der Waals surface area (Å²) in [5.41, 5.74) is 4.58. The summed E-state index contributed by atoms with van der Waals surface area (Å²) in [5.74, 6) is 0.525. The summed E-state index contributed by atoms with van der Waals surface area (Å²) in [6.45, 7) is 0. The van der Waals surface area contributed by atoms with E-state index in [0.717, 1.165) is 58.1 Å². The Morgan fingerprint density at radius 1 is 0.968 bits per heavy atom. The van der Waals surface area contributed by atoms with Crippen LogP contribution in [0.25, 0.3) is 22.4 Å². The van der Waals surface area contributed by atoms with Crippen molar-refractivity contribution in [2.24, 2.45) is 5.16 Å². The van der Waals surface area contributed by atoms with Crippen LogP contribution in [-0.2, 0) is 0 Å². The van der Waals surface area contributed by atoms with Crippen molar-refractivity contribution in [2.45, 2.75) is 44.1 Å². The summed E-state index contributed by atoms with van der Waals surface area (Å²) in [6.07, 6.45) is 5.94. The molecule has 3 aromatic rings. The summed E-state index contributed by atoms with van der Waals surface area (Å²) in [7, 11) is 0. The summed E-state index contributed by atoms with van der Waals surface area (Å²) in [5, 5.41) is 14.2. The van der Waals surface area contributed by atoms with Crippen molar-refractivity contribution in [3.8, 4) is 28.3 Å². The molecule has 31 heavy (non-hydrogen) atoms. The van der Waals surface area contributed by atoms with Crippen LogP contribution in [0.1, 0.15) is 44.1 Å². The molecule has 2 heterocycles. The van der Waals surface area contributed by atoms with Crippen LogP contribution in [0.3, 0.4) is 0 Å². The van der Waals surface area contributed by atoms with Gasteiger partial charge in [0.2, 0.25) is 5.88 Å². The minimum absolute atomic E-state index is 0.337. The SMILES string of the molecule is ON=C1CC2(CCCCC2)Oc2nc(-c3ccccc3Cl)c(-c3ccc(Br)cc3)cc21. The van der Waals surface area contributed by atoms with Crippen LogP contribution in [0.5, 0.6) is 5.88 Å². The second-order valence-electron chi connectivity index (χ2n) is 8.29. The van der Waals surface area contributed by atoms with Crippen LogP contribution in [0.2, 0.25) is 5.02 Å². The normalized spacial score (nSPS) is 18.6. The summed E-state index contributed by atoms with van der Waals surface area (Å²) in [6, 6.07) is 17.8. The lowest BCUT2D eigenvalue weighted by Gasteiger charge is -2.41. The number of hydrogen-bond donors (Lipinski definition) is 1. The van der Waals surface area contributed by atoms with E-state index in [1.165, 1.54) is 6.42 Å². The molecule has 5 rings (SSSR count). The average molecular weight is 498 g/mol. The first-order chi connectivity index (χ1) is 15.1. The zero-order chi connectivity index (χ0) is 21.4. The van der Waals surface area contributed by atoms with E-state index in [-0.39, 0.29) is 5.60 Å². The lowest BCUT2D eigenvalue weighted by molar-refractivity contribution is 0.0269. The van der Waals surface area contributed by atoms with Crippen LogP contribution in [0.4, 0.5) is 0 Å². The predicted molar refractivity (Wildman–Crippen MR) is 127 cm³/mol. The van der Waals surface area contributed by atoms with E-state index in [1.54, 1.807) is 0 Å². The van der Waals surface area contributed by atoms with Crippen LogP contribution in [-0.4, -0.2) is 21.5 Å². The van der Waals surface area contributed by atoms with E-state index in [9.17, 15) is 5.21 Å². The molecule has 0 unspecified atom stereocenters. The Balaban J connectivity index is 1.73. The molecule has 1 spiro atoms. The fourth-order valence-corrected chi connectivity index (χ4v) is 5.18. The first kappa shape index (κ1) is 20.5. The van der Waals surface area contributed by atoms with Gasteiger partial charge >= 0.3 is 0 Å². The van der Waals surface area contributed by atoms with Crippen LogP contribution in [0.15, 0.2) is 64.2 Å². The number of nitrogens with zero attached hydrogens (tertiary/aromatic N) is 2. The second-order valence-corrected chi connectivity index (χ2v) is 9.62. The molecule has 1 fully saturated rings. The summed E-state index contributed by atoms with van der Waals surface area (Å²) in [4.78, 5) is 4.98. The quantitative estimate of drug-likeness (QED) is 0.295. The van der Waals surface area contributed by atoms with Gasteiger partial charge in [-0.2, -0.15) is 0 Å². The third-order valence-electron chi connectivity index (χ3n) is 6.27. The largest absolute Gasteiger partial charge is 0.470 e. The molecule has 0 atom stereocenters. The van der Waals surface area contributed by atoms with Crippen LogP contribution in [0, 0.1) is 0 Å². The minimum Gasteiger partial charge on any atom is -0.470 e. The number of aromatic nitrogens is 1. The number of ether oxygens (including phenoxy) is 1. The summed E-state index contributed by atoms with van der Waals surface area (Å²) < 4.78 is 7.55. The third kappa shape index (κ3) is 3.85. The highest BCUT2D eigenvalue weighted by Crippen LogP contribution is 2.45. The van der Waals surface area contributed by atoms with Crippen molar-refractivity contribution >= 4 is 33.2 Å². The average Bonchev–Trinajstić information content (AvgIpc) is 2.79. The number of rotatable bonds is 2. The van der Waals surface area contributed by atoms with Crippen molar-refractivity contribution in [3.63, 3.8) is 0 Å². The van der Waals surface area contributed by atoms with Gasteiger partial charge in [0.1, 0.15) is 5.60 Å². The molecule has 1 aliphatic carbocycles. The molecule has 6 heteroatoms. The molecule has 0 amide bonds. The minimum atomic E-state index is -0.337. The molecule has 0 bridgehead atoms. The van der Waals surface area contributed by atoms with Crippen molar-refractivity contribution < 1.29 is 9.94 Å². The molecule has 1 aliphatic heterocycles. The second kappa shape index (κ2) is 8.29. The van der Waals surface area contributed by atoms with Gasteiger partial charge in [-0.15, -0.1) is 0 Å². The van der Waals surface area contributed by atoms with E-state index >= 15 is 0 Å². The number of pyridine rings is 1. The van der Waals surface area contributed by atoms with Gasteiger partial charge in [-0.3, -0.25) is 0 Å². The molecule has 1 saturated carbocycles. The van der Waals surface area contributed by atoms with E-state index < -0.39 is 0 Å². The Morgan fingerprint density at radius 3 is 2.42 bits per heavy atom. The van der Waals surface area contributed by atoms with E-state index in [0.29, 0.717) is 23.0 Å². The number of fused-ring (bicyclic) bond motifs is 1. The van der Waals surface area contributed by atoms with E-state index in [2.05, 4.69) is 21.1 Å². The monoisotopic (exact) mass is 496 g/mol. The van der Waals surface area contributed by atoms with Gasteiger partial charge in [0.05, 0.1) is 17.0 Å². The first-order valence-electron chi connectivity index (χ1n) is 10.5. The fourth-order valence-electron chi connectivity index (χ4n) is 4.69. The Kier molecular flexibility index (Phi) is 5.49. The molecule has 0 saturated heterocycles. The van der Waals surface area contributed by atoms with Gasteiger partial charge in [-0.25, -0.2) is 4.98 Å². The molecule has 1 N–H and O–H groups in total. The topological polar surface area (TPSA) is 54.7 Å². The zero-order valence-electron chi connectivity index (χ0n) is 16.9. The maximum Gasteiger partial charge on any atom is 0.223 e. The number of hydrogen-bond acceptors (Lipinski definition) is 4. The van der Waals surface area contributed by atoms with Gasteiger partial charge in [0, 0.05) is 27.0 Å². The van der Waals surface area contributed by atoms with Crippen molar-refractivity contribution in [1.82, 2.24) is 4.98 Å². The molecule has 4 nitrogen and oxygen atoms in total. The first-order valence-corrected chi connectivity index (χ1v) is 11.7. The maximum absolute atomic E-state index is 9.86. The standard InChI is InChI=1S/C25H22BrClN2O2/c26-17-10-8-16(9-11-17)19-14-20-22(29-30)15-25(12-4-1-5-13-25)31-24(20)28-23(19)18-6-2-3-7-21(18)27/h2-3,6-11,14,30H,1,4-5,12-13,15H2. The predicted octanol–water partition coefficient (Wildman–Crippen LogP) is 7.50. The van der Waals surface area contributed by atoms with Crippen molar-refractivity contribution in [3.05, 3.63) is 69.7 Å². The Labute approximate surface area is 195 Å². The third-order valence-corrected chi connectivity index (χ3v) is 7.13. The highest BCUT2D eigenvalue weighted by atomic mass is 79.9. The van der Waals surface area contributed by atoms with Gasteiger partial charge in [-0.1, -0.05) is 69.4 Å². The highest BCUT2D eigenvalue weighted by molar-refractivity contribution is 9.10. The molecule has 2 aliphatic rings. The molecule has 0 radical (unpaired) electrons. The smallest absolute Gasteiger partial charge is 0.223 e. The van der Waals surface area contributed by atoms with Crippen LogP contribution < -0.4 is 4.74 Å². The van der Waals surface area contributed by atoms with Crippen LogP contribution >= 0.6 is 27.5 Å². The number of benzene rings is 2. The maximum atomic E-state index is 9.86. The van der Waals surface area contributed by atoms with Crippen molar-refractivity contribution in [2.75, 3.05) is 0 Å². The van der Waals surface area contributed by atoms with Crippen molar-refractivity contribution in [1.29, 1.82) is 0 Å². The molecule has 2 aromatic carbocycles. The number of halogens is 2. The highest BCUT2D eigenvalue weighted by Gasteiger charge is 2.42. The zero-order valence-corrected chi connectivity index (χ0v) is 19.3. The number of oxime groups is 1. The van der Waals surface area contributed by atoms with Gasteiger partial charge in [-0.05, 0) is 55.5 Å². The summed E-state index contributed by atoms with van der Waals surface area (Å²) >= 11 is 10.1. The molecule has 158 valence electrons. The van der Waals surface area contributed by atoms with E-state index in [4.69, 9.17) is 21.3 Å². The Hall–Kier alpha value is -2.37. The lowest BCUT2D eigenvalue weighted by atomic mass is 9.78. The van der Waals surface area contributed by atoms with Gasteiger partial charge in [0.15, 0.2) is 0 Å². The lowest BCUT2D eigenvalue weighted by Crippen LogP contribution is -2.44. The molecular formula is C25H22BrClN2O2. The fraction of sp³-hybridized carbons (Fsp3) is 0.280. The Morgan fingerprint density at radius 2 is 1.71 bits per heavy atom.